The summed E-state index contributed by atoms with van der Waals surface area (Å²) in [5, 5.41) is 14.2. The summed E-state index contributed by atoms with van der Waals surface area (Å²) in [6.45, 7) is 0. The topological polar surface area (TPSA) is 69.6 Å². The summed E-state index contributed by atoms with van der Waals surface area (Å²) in [6, 6.07) is 27.4. The lowest BCUT2D eigenvalue weighted by atomic mass is 9.95. The molecular weight excluding hydrogens is 345 g/mol. The van der Waals surface area contributed by atoms with E-state index in [1.807, 2.05) is 78.9 Å². The van der Waals surface area contributed by atoms with Gasteiger partial charge in [0.2, 0.25) is 0 Å². The van der Waals surface area contributed by atoms with Crippen LogP contribution in [0, 0.1) is 0 Å². The third kappa shape index (κ3) is 4.43. The van der Waals surface area contributed by atoms with Crippen molar-refractivity contribution in [3.63, 3.8) is 0 Å². The Morgan fingerprint density at radius 2 is 1.12 bits per heavy atom. The van der Waals surface area contributed by atoms with E-state index in [2.05, 4.69) is 5.32 Å². The van der Waals surface area contributed by atoms with Crippen molar-refractivity contribution in [2.75, 3.05) is 0 Å². The molecule has 4 atom stereocenters. The van der Waals surface area contributed by atoms with Gasteiger partial charge in [-0.1, -0.05) is 91.0 Å². The fourth-order valence-corrected chi connectivity index (χ4v) is 3.68. The molecule has 0 aliphatic carbocycles. The molecule has 0 saturated carbocycles. The van der Waals surface area contributed by atoms with Crippen LogP contribution in [0.25, 0.3) is 0 Å². The first-order chi connectivity index (χ1) is 12.7. The van der Waals surface area contributed by atoms with E-state index in [9.17, 15) is 14.6 Å². The van der Waals surface area contributed by atoms with Crippen LogP contribution < -0.4 is 5.32 Å². The summed E-state index contributed by atoms with van der Waals surface area (Å²) in [4.78, 5) is 9.88. The van der Waals surface area contributed by atoms with Gasteiger partial charge in [-0.15, -0.1) is 0 Å². The smallest absolute Gasteiger partial charge is 0.386 e. The van der Waals surface area contributed by atoms with Crippen LogP contribution in [-0.2, 0) is 4.57 Å². The van der Waals surface area contributed by atoms with Crippen molar-refractivity contribution in [1.82, 2.24) is 5.32 Å². The van der Waals surface area contributed by atoms with E-state index in [4.69, 9.17) is 0 Å². The van der Waals surface area contributed by atoms with Crippen LogP contribution in [0.1, 0.15) is 34.6 Å². The maximum atomic E-state index is 12.0. The molecule has 26 heavy (non-hydrogen) atoms. The number of nitrogens with one attached hydrogen (secondary N) is 1. The third-order valence-electron chi connectivity index (χ3n) is 4.29. The van der Waals surface area contributed by atoms with E-state index in [1.165, 1.54) is 0 Å². The molecule has 3 N–H and O–H groups in total. The monoisotopic (exact) mass is 366 g/mol. The van der Waals surface area contributed by atoms with Gasteiger partial charge in [0.15, 0.2) is 0 Å². The minimum Gasteiger partial charge on any atom is -0.386 e. The molecule has 132 valence electrons. The van der Waals surface area contributed by atoms with Crippen LogP contribution in [-0.4, -0.2) is 10.00 Å². The molecule has 3 aromatic rings. The second-order valence-electron chi connectivity index (χ2n) is 6.03. The molecule has 0 saturated heterocycles. The number of aliphatic hydroxyl groups excluding tert-OH is 1. The highest BCUT2D eigenvalue weighted by molar-refractivity contribution is 7.38. The van der Waals surface area contributed by atoms with Crippen LogP contribution >= 0.6 is 8.03 Å². The van der Waals surface area contributed by atoms with E-state index in [-0.39, 0.29) is 0 Å². The predicted molar refractivity (Wildman–Crippen MR) is 103 cm³/mol. The summed E-state index contributed by atoms with van der Waals surface area (Å²) in [5.74, 6) is -0.783. The largest absolute Gasteiger partial charge is 0.529 e. The summed E-state index contributed by atoms with van der Waals surface area (Å²) < 4.78 is 12.0. The Hall–Kier alpha value is -2.36. The van der Waals surface area contributed by atoms with Gasteiger partial charge in [0.25, 0.3) is 5.78 Å². The normalized spacial score (nSPS) is 15.1. The van der Waals surface area contributed by atoms with Gasteiger partial charge in [0.05, 0.1) is 12.1 Å². The van der Waals surface area contributed by atoms with Gasteiger partial charge < -0.3 is 5.11 Å². The lowest BCUT2D eigenvalue weighted by Crippen LogP contribution is -2.29. The molecule has 5 heteroatoms. The average molecular weight is 366 g/mol. The highest BCUT2D eigenvalue weighted by Crippen LogP contribution is 2.40. The van der Waals surface area contributed by atoms with Crippen molar-refractivity contribution < 1.29 is 14.6 Å². The van der Waals surface area contributed by atoms with Crippen LogP contribution in [0.4, 0.5) is 0 Å². The van der Waals surface area contributed by atoms with E-state index in [0.717, 1.165) is 11.1 Å². The van der Waals surface area contributed by atoms with Crippen molar-refractivity contribution in [3.05, 3.63) is 108 Å². The Morgan fingerprint density at radius 3 is 1.58 bits per heavy atom. The van der Waals surface area contributed by atoms with Gasteiger partial charge in [-0.3, -0.25) is 5.32 Å². The molecule has 0 aromatic heterocycles. The average Bonchev–Trinajstić information content (AvgIpc) is 2.70. The van der Waals surface area contributed by atoms with Crippen LogP contribution in [0.5, 0.6) is 0 Å². The Kier molecular flexibility index (Phi) is 6.26. The Bertz CT molecular complexity index is 828. The number of rotatable bonds is 7. The molecule has 0 amide bonds. The molecule has 0 aliphatic rings. The molecule has 3 aromatic carbocycles. The molecular formula is C21H21NO3P+. The van der Waals surface area contributed by atoms with Crippen molar-refractivity contribution in [1.29, 1.82) is 0 Å². The summed E-state index contributed by atoms with van der Waals surface area (Å²) in [6.07, 6.45) is -0.861. The van der Waals surface area contributed by atoms with Crippen molar-refractivity contribution in [2.24, 2.45) is 0 Å². The fraction of sp³-hybridized carbons (Fsp3) is 0.143. The Balaban J connectivity index is 1.96. The SMILES string of the molecule is O=[P+](O)C(N[C@@H](c1ccccc1)[C@H](O)c1ccccc1)c1ccccc1. The quantitative estimate of drug-likeness (QED) is 0.539. The Labute approximate surface area is 154 Å². The molecule has 0 heterocycles. The molecule has 2 unspecified atom stereocenters. The van der Waals surface area contributed by atoms with Gasteiger partial charge in [-0.25, -0.2) is 0 Å². The summed E-state index contributed by atoms with van der Waals surface area (Å²) >= 11 is 0. The number of benzene rings is 3. The van der Waals surface area contributed by atoms with Crippen molar-refractivity contribution >= 4 is 8.03 Å². The van der Waals surface area contributed by atoms with E-state index < -0.39 is 26.0 Å². The number of aliphatic hydroxyl groups is 1. The minimum absolute atomic E-state index is 0.532. The zero-order valence-corrected chi connectivity index (χ0v) is 15.0. The second kappa shape index (κ2) is 8.84. The molecule has 0 bridgehead atoms. The summed E-state index contributed by atoms with van der Waals surface area (Å²) in [5.41, 5.74) is 2.30. The minimum atomic E-state index is -2.53. The lowest BCUT2D eigenvalue weighted by Gasteiger charge is -2.26. The molecule has 0 radical (unpaired) electrons. The van der Waals surface area contributed by atoms with Crippen LogP contribution in [0.3, 0.4) is 0 Å². The van der Waals surface area contributed by atoms with Crippen LogP contribution in [0.15, 0.2) is 91.0 Å². The highest BCUT2D eigenvalue weighted by atomic mass is 31.1. The van der Waals surface area contributed by atoms with Gasteiger partial charge in [-0.05, 0) is 15.7 Å². The van der Waals surface area contributed by atoms with Gasteiger partial charge >= 0.3 is 8.03 Å². The predicted octanol–water partition coefficient (Wildman–Crippen LogP) is 4.48. The van der Waals surface area contributed by atoms with Crippen LogP contribution in [0.2, 0.25) is 0 Å². The molecule has 4 nitrogen and oxygen atoms in total. The fourth-order valence-electron chi connectivity index (χ4n) is 2.97. The van der Waals surface area contributed by atoms with Gasteiger partial charge in [0, 0.05) is 5.56 Å². The highest BCUT2D eigenvalue weighted by Gasteiger charge is 2.36. The standard InChI is InChI=1S/C21H20NO3P/c23-20(17-12-6-2-7-13-17)19(16-10-4-1-5-11-16)22-21(26(24)25)18-14-8-3-9-15-18/h1-15,19-23H/p+1/t19-,20+,21?/m0/s1. The Morgan fingerprint density at radius 1 is 0.692 bits per heavy atom. The molecule has 0 fully saturated rings. The lowest BCUT2D eigenvalue weighted by molar-refractivity contribution is 0.126. The first-order valence-corrected chi connectivity index (χ1v) is 9.69. The van der Waals surface area contributed by atoms with Crippen molar-refractivity contribution in [3.8, 4) is 0 Å². The van der Waals surface area contributed by atoms with Gasteiger partial charge in [0.1, 0.15) is 0 Å². The maximum Gasteiger partial charge on any atom is 0.529 e. The molecule has 0 aliphatic heterocycles. The molecule has 3 rings (SSSR count). The first-order valence-electron chi connectivity index (χ1n) is 8.41. The van der Waals surface area contributed by atoms with E-state index >= 15 is 0 Å². The maximum absolute atomic E-state index is 12.0. The zero-order chi connectivity index (χ0) is 18.4. The second-order valence-corrected chi connectivity index (χ2v) is 7.15. The third-order valence-corrected chi connectivity index (χ3v) is 5.18. The summed E-state index contributed by atoms with van der Waals surface area (Å²) in [7, 11) is -2.53. The zero-order valence-electron chi connectivity index (χ0n) is 14.1. The number of hydrogen-bond donors (Lipinski definition) is 3. The van der Waals surface area contributed by atoms with E-state index in [0.29, 0.717) is 5.56 Å². The first kappa shape index (κ1) is 18.4. The van der Waals surface area contributed by atoms with E-state index in [1.54, 1.807) is 12.1 Å². The molecule has 0 spiro atoms. The van der Waals surface area contributed by atoms with Gasteiger partial charge in [-0.2, -0.15) is 4.89 Å². The van der Waals surface area contributed by atoms with Crippen molar-refractivity contribution in [2.45, 2.75) is 17.9 Å². The number of hydrogen-bond acceptors (Lipinski definition) is 3.